The van der Waals surface area contributed by atoms with E-state index in [1.54, 1.807) is 4.68 Å². The van der Waals surface area contributed by atoms with Gasteiger partial charge in [0.05, 0.1) is 30.6 Å². The van der Waals surface area contributed by atoms with Crippen molar-refractivity contribution in [1.82, 2.24) is 9.78 Å². The molecule has 0 aliphatic carbocycles. The number of hydrogen-bond acceptors (Lipinski definition) is 2. The summed E-state index contributed by atoms with van der Waals surface area (Å²) in [6.45, 7) is 0.478. The Morgan fingerprint density at radius 3 is 2.61 bits per heavy atom. The molecule has 0 unspecified atom stereocenters. The number of nitriles is 1. The molecule has 2 aromatic rings. The van der Waals surface area contributed by atoms with E-state index in [2.05, 4.69) is 11.2 Å². The van der Waals surface area contributed by atoms with Crippen LogP contribution in [0.3, 0.4) is 0 Å². The van der Waals surface area contributed by atoms with Gasteiger partial charge in [-0.15, -0.1) is 11.6 Å². The van der Waals surface area contributed by atoms with Crippen LogP contribution in [0.25, 0.3) is 11.3 Å². The molecule has 2 rings (SSSR count). The Hall–Kier alpha value is -1.50. The normalized spacial score (nSPS) is 10.3. The zero-order chi connectivity index (χ0) is 13.0. The largest absolute Gasteiger partial charge is 0.252 e. The van der Waals surface area contributed by atoms with E-state index in [-0.39, 0.29) is 0 Å². The Morgan fingerprint density at radius 2 is 2.00 bits per heavy atom. The smallest absolute Gasteiger partial charge is 0.132 e. The fourth-order valence-corrected chi connectivity index (χ4v) is 2.33. The van der Waals surface area contributed by atoms with E-state index >= 15 is 0 Å². The number of nitrogens with zero attached hydrogens (tertiary/aromatic N) is 3. The Balaban J connectivity index is 2.45. The lowest BCUT2D eigenvalue weighted by molar-refractivity contribution is 0.630. The van der Waals surface area contributed by atoms with Gasteiger partial charge in [-0.1, -0.05) is 41.9 Å². The summed E-state index contributed by atoms with van der Waals surface area (Å²) >= 11 is 12.2. The summed E-state index contributed by atoms with van der Waals surface area (Å²) < 4.78 is 1.63. The summed E-state index contributed by atoms with van der Waals surface area (Å²) in [4.78, 5) is 0. The molecule has 1 aromatic carbocycles. The molecule has 0 atom stereocenters. The predicted molar refractivity (Wildman–Crippen MR) is 72.5 cm³/mol. The first-order valence-electron chi connectivity index (χ1n) is 5.51. The van der Waals surface area contributed by atoms with Crippen molar-refractivity contribution in [3.05, 3.63) is 41.0 Å². The molecule has 0 radical (unpaired) electrons. The second kappa shape index (κ2) is 5.90. The summed E-state index contributed by atoms with van der Waals surface area (Å²) in [7, 11) is 0. The van der Waals surface area contributed by atoms with Crippen molar-refractivity contribution in [2.45, 2.75) is 18.8 Å². The van der Waals surface area contributed by atoms with Gasteiger partial charge in [-0.3, -0.25) is 4.68 Å². The van der Waals surface area contributed by atoms with Gasteiger partial charge in [0.15, 0.2) is 0 Å². The summed E-state index contributed by atoms with van der Waals surface area (Å²) in [6.07, 6.45) is 0.372. The topological polar surface area (TPSA) is 41.6 Å². The highest BCUT2D eigenvalue weighted by Gasteiger charge is 2.16. The molecule has 0 aliphatic rings. The van der Waals surface area contributed by atoms with Crippen molar-refractivity contribution in [3.8, 4) is 17.3 Å². The van der Waals surface area contributed by atoms with Crippen molar-refractivity contribution in [2.75, 3.05) is 0 Å². The highest BCUT2D eigenvalue weighted by Crippen LogP contribution is 2.30. The minimum absolute atomic E-state index is 0.301. The molecule has 0 spiro atoms. The maximum Gasteiger partial charge on any atom is 0.132 e. The molecule has 0 bridgehead atoms. The van der Waals surface area contributed by atoms with Crippen molar-refractivity contribution >= 4 is 23.2 Å². The maximum atomic E-state index is 8.61. The lowest BCUT2D eigenvalue weighted by Gasteiger charge is -1.98. The zero-order valence-electron chi connectivity index (χ0n) is 9.61. The molecule has 1 aromatic heterocycles. The number of aromatic nitrogens is 2. The summed E-state index contributed by atoms with van der Waals surface area (Å²) in [5.41, 5.74) is 2.57. The van der Waals surface area contributed by atoms with Gasteiger partial charge < -0.3 is 0 Å². The molecule has 3 nitrogen and oxygen atoms in total. The standard InChI is InChI=1S/C13H11Cl2N3/c14-9-11-12(10-5-2-1-3-6-10)17-18(13(11)15)8-4-7-16/h1-3,5-6H,4,8-9H2. The minimum Gasteiger partial charge on any atom is -0.252 e. The van der Waals surface area contributed by atoms with E-state index in [4.69, 9.17) is 28.5 Å². The van der Waals surface area contributed by atoms with Crippen molar-refractivity contribution in [1.29, 1.82) is 5.26 Å². The van der Waals surface area contributed by atoms with E-state index in [9.17, 15) is 0 Å². The van der Waals surface area contributed by atoms with E-state index in [0.717, 1.165) is 16.8 Å². The molecule has 0 fully saturated rings. The van der Waals surface area contributed by atoms with Crippen LogP contribution in [-0.2, 0) is 12.4 Å². The quantitative estimate of drug-likeness (QED) is 0.798. The highest BCUT2D eigenvalue weighted by molar-refractivity contribution is 6.31. The average Bonchev–Trinajstić information content (AvgIpc) is 2.74. The van der Waals surface area contributed by atoms with Crippen molar-refractivity contribution in [3.63, 3.8) is 0 Å². The van der Waals surface area contributed by atoms with Gasteiger partial charge in [-0.25, -0.2) is 0 Å². The Bertz CT molecular complexity index is 570. The summed E-state index contributed by atoms with van der Waals surface area (Å²) in [5, 5.41) is 13.6. The van der Waals surface area contributed by atoms with Gasteiger partial charge in [-0.2, -0.15) is 10.4 Å². The van der Waals surface area contributed by atoms with Crippen LogP contribution in [0, 0.1) is 11.3 Å². The van der Waals surface area contributed by atoms with Gasteiger partial charge in [-0.05, 0) is 0 Å². The van der Waals surface area contributed by atoms with Crippen LogP contribution in [0.2, 0.25) is 5.15 Å². The second-order valence-electron chi connectivity index (χ2n) is 3.75. The molecule has 0 N–H and O–H groups in total. The molecule has 18 heavy (non-hydrogen) atoms. The van der Waals surface area contributed by atoms with E-state index in [0.29, 0.717) is 24.0 Å². The van der Waals surface area contributed by atoms with E-state index < -0.39 is 0 Å². The van der Waals surface area contributed by atoms with Gasteiger partial charge >= 0.3 is 0 Å². The lowest BCUT2D eigenvalue weighted by Crippen LogP contribution is -1.99. The van der Waals surface area contributed by atoms with Crippen LogP contribution in [-0.4, -0.2) is 9.78 Å². The lowest BCUT2D eigenvalue weighted by atomic mass is 10.1. The number of benzene rings is 1. The number of aryl methyl sites for hydroxylation is 1. The van der Waals surface area contributed by atoms with Crippen LogP contribution in [0.15, 0.2) is 30.3 Å². The van der Waals surface area contributed by atoms with Crippen LogP contribution in [0.4, 0.5) is 0 Å². The highest BCUT2D eigenvalue weighted by atomic mass is 35.5. The third-order valence-corrected chi connectivity index (χ3v) is 3.29. The first-order chi connectivity index (χ1) is 8.77. The Morgan fingerprint density at radius 1 is 1.28 bits per heavy atom. The number of rotatable bonds is 4. The molecule has 0 saturated heterocycles. The molecular weight excluding hydrogens is 269 g/mol. The van der Waals surface area contributed by atoms with Crippen LogP contribution in [0.1, 0.15) is 12.0 Å². The molecule has 1 heterocycles. The monoisotopic (exact) mass is 279 g/mol. The maximum absolute atomic E-state index is 8.61. The second-order valence-corrected chi connectivity index (χ2v) is 4.37. The average molecular weight is 280 g/mol. The number of halogens is 2. The molecular formula is C13H11Cl2N3. The molecule has 92 valence electrons. The first-order valence-corrected chi connectivity index (χ1v) is 6.42. The third-order valence-electron chi connectivity index (χ3n) is 2.60. The van der Waals surface area contributed by atoms with E-state index in [1.165, 1.54) is 0 Å². The molecule has 0 amide bonds. The summed E-state index contributed by atoms with van der Waals surface area (Å²) in [6, 6.07) is 11.8. The summed E-state index contributed by atoms with van der Waals surface area (Å²) in [5.74, 6) is 0.301. The fourth-order valence-electron chi connectivity index (χ4n) is 1.73. The first kappa shape index (κ1) is 12.9. The third kappa shape index (κ3) is 2.50. The number of hydrogen-bond donors (Lipinski definition) is 0. The van der Waals surface area contributed by atoms with Gasteiger partial charge in [0.1, 0.15) is 5.15 Å². The predicted octanol–water partition coefficient (Wildman–Crippen LogP) is 3.86. The van der Waals surface area contributed by atoms with Crippen molar-refractivity contribution < 1.29 is 0 Å². The Kier molecular flexibility index (Phi) is 4.24. The van der Waals surface area contributed by atoms with E-state index in [1.807, 2.05) is 30.3 Å². The number of alkyl halides is 1. The Labute approximate surface area is 116 Å². The minimum atomic E-state index is 0.301. The zero-order valence-corrected chi connectivity index (χ0v) is 11.1. The SMILES string of the molecule is N#CCCn1nc(-c2ccccc2)c(CCl)c1Cl. The van der Waals surface area contributed by atoms with Crippen molar-refractivity contribution in [2.24, 2.45) is 0 Å². The van der Waals surface area contributed by atoms with Gasteiger partial charge in [0.2, 0.25) is 0 Å². The fraction of sp³-hybridized carbons (Fsp3) is 0.231. The molecule has 5 heteroatoms. The molecule has 0 saturated carbocycles. The van der Waals surface area contributed by atoms with Gasteiger partial charge in [0.25, 0.3) is 0 Å². The molecule has 0 aliphatic heterocycles. The van der Waals surface area contributed by atoms with Crippen LogP contribution < -0.4 is 0 Å². The van der Waals surface area contributed by atoms with Crippen LogP contribution in [0.5, 0.6) is 0 Å². The van der Waals surface area contributed by atoms with Gasteiger partial charge in [0, 0.05) is 11.1 Å². The van der Waals surface area contributed by atoms with Crippen LogP contribution >= 0.6 is 23.2 Å².